The van der Waals surface area contributed by atoms with Crippen molar-refractivity contribution in [2.24, 2.45) is 11.7 Å². The summed E-state index contributed by atoms with van der Waals surface area (Å²) in [7, 11) is 0. The van der Waals surface area contributed by atoms with Crippen LogP contribution in [0.3, 0.4) is 0 Å². The van der Waals surface area contributed by atoms with Crippen LogP contribution in [-0.4, -0.2) is 30.7 Å². The first-order chi connectivity index (χ1) is 7.20. The molecule has 4 heteroatoms. The third kappa shape index (κ3) is 2.69. The second-order valence-corrected chi connectivity index (χ2v) is 4.69. The molecule has 0 radical (unpaired) electrons. The summed E-state index contributed by atoms with van der Waals surface area (Å²) in [4.78, 5) is 11.8. The molecule has 1 heterocycles. The number of nitrogens with two attached hydrogens (primary N) is 1. The lowest BCUT2D eigenvalue weighted by molar-refractivity contribution is -0.132. The normalized spacial score (nSPS) is 32.7. The van der Waals surface area contributed by atoms with Crippen LogP contribution in [0.4, 0.5) is 0 Å². The van der Waals surface area contributed by atoms with Gasteiger partial charge in [-0.1, -0.05) is 0 Å². The quantitative estimate of drug-likeness (QED) is 0.709. The van der Waals surface area contributed by atoms with Crippen molar-refractivity contribution in [3.05, 3.63) is 0 Å². The number of amides is 1. The second kappa shape index (κ2) is 4.49. The standard InChI is InChI=1S/C11H20N2O2/c1-7(8-2-3-8)13-11(14)10-5-4-9(6-12)15-10/h7-10H,2-6,12H2,1H3,(H,13,14)/t7?,9-,10+/m1/s1. The largest absolute Gasteiger partial charge is 0.364 e. The number of rotatable bonds is 4. The van der Waals surface area contributed by atoms with E-state index in [0.29, 0.717) is 18.5 Å². The zero-order valence-corrected chi connectivity index (χ0v) is 9.24. The smallest absolute Gasteiger partial charge is 0.249 e. The van der Waals surface area contributed by atoms with E-state index in [9.17, 15) is 4.79 Å². The number of hydrogen-bond acceptors (Lipinski definition) is 3. The van der Waals surface area contributed by atoms with Gasteiger partial charge in [-0.15, -0.1) is 0 Å². The lowest BCUT2D eigenvalue weighted by Gasteiger charge is -2.17. The molecule has 1 aliphatic carbocycles. The topological polar surface area (TPSA) is 64.4 Å². The summed E-state index contributed by atoms with van der Waals surface area (Å²) in [6, 6.07) is 0.304. The van der Waals surface area contributed by atoms with Crippen LogP contribution in [0.1, 0.15) is 32.6 Å². The van der Waals surface area contributed by atoms with Crippen molar-refractivity contribution in [1.82, 2.24) is 5.32 Å². The number of carbonyl (C=O) groups excluding carboxylic acids is 1. The van der Waals surface area contributed by atoms with E-state index in [1.807, 2.05) is 0 Å². The van der Waals surface area contributed by atoms with E-state index >= 15 is 0 Å². The van der Waals surface area contributed by atoms with Gasteiger partial charge in [0.05, 0.1) is 6.10 Å². The van der Waals surface area contributed by atoms with Crippen LogP contribution in [0.15, 0.2) is 0 Å². The molecule has 0 spiro atoms. The molecule has 15 heavy (non-hydrogen) atoms. The molecular weight excluding hydrogens is 192 g/mol. The second-order valence-electron chi connectivity index (χ2n) is 4.69. The van der Waals surface area contributed by atoms with E-state index in [4.69, 9.17) is 10.5 Å². The summed E-state index contributed by atoms with van der Waals surface area (Å²) in [5.74, 6) is 0.742. The molecule has 1 unspecified atom stereocenters. The highest BCUT2D eigenvalue weighted by Crippen LogP contribution is 2.32. The minimum Gasteiger partial charge on any atom is -0.364 e. The van der Waals surface area contributed by atoms with Gasteiger partial charge in [0.1, 0.15) is 6.10 Å². The highest BCUT2D eigenvalue weighted by Gasteiger charge is 2.34. The Morgan fingerprint density at radius 2 is 2.20 bits per heavy atom. The van der Waals surface area contributed by atoms with E-state index in [1.165, 1.54) is 12.8 Å². The van der Waals surface area contributed by atoms with Crippen molar-refractivity contribution >= 4 is 5.91 Å². The minimum absolute atomic E-state index is 0.0466. The Hall–Kier alpha value is -0.610. The maximum Gasteiger partial charge on any atom is 0.249 e. The van der Waals surface area contributed by atoms with Crippen LogP contribution in [0, 0.1) is 5.92 Å². The predicted octanol–water partition coefficient (Wildman–Crippen LogP) is 0.407. The van der Waals surface area contributed by atoms with Crippen molar-refractivity contribution in [3.8, 4) is 0 Å². The third-order valence-corrected chi connectivity index (χ3v) is 3.36. The van der Waals surface area contributed by atoms with E-state index in [-0.39, 0.29) is 18.1 Å². The zero-order chi connectivity index (χ0) is 10.8. The first-order valence-corrected chi connectivity index (χ1v) is 5.86. The van der Waals surface area contributed by atoms with Gasteiger partial charge in [-0.2, -0.15) is 0 Å². The molecule has 2 fully saturated rings. The lowest BCUT2D eigenvalue weighted by Crippen LogP contribution is -2.41. The maximum absolute atomic E-state index is 11.8. The SMILES string of the molecule is CC(NC(=O)[C@@H]1CC[C@H](CN)O1)C1CC1. The molecule has 1 aliphatic heterocycles. The molecule has 1 saturated carbocycles. The van der Waals surface area contributed by atoms with E-state index < -0.39 is 0 Å². The highest BCUT2D eigenvalue weighted by atomic mass is 16.5. The first-order valence-electron chi connectivity index (χ1n) is 5.86. The van der Waals surface area contributed by atoms with Crippen LogP contribution < -0.4 is 11.1 Å². The minimum atomic E-state index is -0.264. The molecule has 1 amide bonds. The van der Waals surface area contributed by atoms with Crippen molar-refractivity contribution < 1.29 is 9.53 Å². The Morgan fingerprint density at radius 3 is 2.73 bits per heavy atom. The third-order valence-electron chi connectivity index (χ3n) is 3.36. The van der Waals surface area contributed by atoms with Crippen molar-refractivity contribution in [3.63, 3.8) is 0 Å². The number of nitrogens with one attached hydrogen (secondary N) is 1. The van der Waals surface area contributed by atoms with Crippen LogP contribution in [-0.2, 0) is 9.53 Å². The van der Waals surface area contributed by atoms with Crippen molar-refractivity contribution in [2.45, 2.75) is 50.9 Å². The summed E-state index contributed by atoms with van der Waals surface area (Å²) in [5.41, 5.74) is 5.50. The van der Waals surface area contributed by atoms with Gasteiger partial charge in [-0.25, -0.2) is 0 Å². The fourth-order valence-electron chi connectivity index (χ4n) is 2.10. The zero-order valence-electron chi connectivity index (χ0n) is 9.24. The molecule has 86 valence electrons. The van der Waals surface area contributed by atoms with Gasteiger partial charge in [0.15, 0.2) is 0 Å². The maximum atomic E-state index is 11.8. The Balaban J connectivity index is 1.75. The van der Waals surface area contributed by atoms with Gasteiger partial charge < -0.3 is 15.8 Å². The molecule has 3 atom stereocenters. The van der Waals surface area contributed by atoms with Crippen LogP contribution in [0.2, 0.25) is 0 Å². The highest BCUT2D eigenvalue weighted by molar-refractivity contribution is 5.81. The number of hydrogen-bond donors (Lipinski definition) is 2. The monoisotopic (exact) mass is 212 g/mol. The number of ether oxygens (including phenoxy) is 1. The molecule has 2 aliphatic rings. The Bertz CT molecular complexity index is 241. The first kappa shape index (κ1) is 10.9. The van der Waals surface area contributed by atoms with Crippen molar-refractivity contribution in [1.29, 1.82) is 0 Å². The van der Waals surface area contributed by atoms with Gasteiger partial charge in [0.25, 0.3) is 0 Å². The molecule has 0 bridgehead atoms. The van der Waals surface area contributed by atoms with Crippen LogP contribution >= 0.6 is 0 Å². The average Bonchev–Trinajstić information content (AvgIpc) is 2.96. The average molecular weight is 212 g/mol. The molecule has 0 aromatic rings. The molecule has 0 aromatic heterocycles. The fraction of sp³-hybridized carbons (Fsp3) is 0.909. The van der Waals surface area contributed by atoms with Gasteiger partial charge in [-0.05, 0) is 38.5 Å². The number of carbonyl (C=O) groups is 1. The lowest BCUT2D eigenvalue weighted by atomic mass is 10.1. The summed E-state index contributed by atoms with van der Waals surface area (Å²) in [5, 5.41) is 3.02. The summed E-state index contributed by atoms with van der Waals surface area (Å²) in [6.45, 7) is 2.59. The Morgan fingerprint density at radius 1 is 1.47 bits per heavy atom. The predicted molar refractivity (Wildman–Crippen MR) is 57.3 cm³/mol. The molecule has 3 N–H and O–H groups in total. The van der Waals surface area contributed by atoms with Gasteiger partial charge >= 0.3 is 0 Å². The molecule has 1 saturated heterocycles. The van der Waals surface area contributed by atoms with E-state index in [2.05, 4.69) is 12.2 Å². The Kier molecular flexibility index (Phi) is 3.26. The van der Waals surface area contributed by atoms with E-state index in [0.717, 1.165) is 12.8 Å². The van der Waals surface area contributed by atoms with E-state index in [1.54, 1.807) is 0 Å². The van der Waals surface area contributed by atoms with Crippen LogP contribution in [0.5, 0.6) is 0 Å². The molecule has 2 rings (SSSR count). The van der Waals surface area contributed by atoms with Gasteiger partial charge in [-0.3, -0.25) is 4.79 Å². The van der Waals surface area contributed by atoms with Gasteiger partial charge in [0, 0.05) is 12.6 Å². The summed E-state index contributed by atoms with van der Waals surface area (Å²) < 4.78 is 5.54. The van der Waals surface area contributed by atoms with Crippen LogP contribution in [0.25, 0.3) is 0 Å². The molecule has 0 aromatic carbocycles. The molecular formula is C11H20N2O2. The Labute approximate surface area is 90.5 Å². The molecule has 4 nitrogen and oxygen atoms in total. The van der Waals surface area contributed by atoms with Gasteiger partial charge in [0.2, 0.25) is 5.91 Å². The fourth-order valence-corrected chi connectivity index (χ4v) is 2.10. The van der Waals surface area contributed by atoms with Crippen molar-refractivity contribution in [2.75, 3.05) is 6.54 Å². The summed E-state index contributed by atoms with van der Waals surface area (Å²) in [6.07, 6.45) is 4.03. The summed E-state index contributed by atoms with van der Waals surface area (Å²) >= 11 is 0.